The summed E-state index contributed by atoms with van der Waals surface area (Å²) in [7, 11) is 1.97. The molecule has 0 heterocycles. The zero-order valence-electron chi connectivity index (χ0n) is 8.09. The van der Waals surface area contributed by atoms with Crippen LogP contribution in [0.2, 0.25) is 0 Å². The minimum Gasteiger partial charge on any atom is -0.320 e. The predicted molar refractivity (Wildman–Crippen MR) is 57.9 cm³/mol. The van der Waals surface area contributed by atoms with Crippen molar-refractivity contribution in [2.45, 2.75) is 12.8 Å². The van der Waals surface area contributed by atoms with Crippen LogP contribution >= 0.6 is 0 Å². The molecule has 2 heteroatoms. The minimum atomic E-state index is 1.01. The molecule has 0 saturated carbocycles. The van der Waals surface area contributed by atoms with E-state index in [1.807, 2.05) is 25.2 Å². The van der Waals surface area contributed by atoms with E-state index in [9.17, 15) is 0 Å². The highest BCUT2D eigenvalue weighted by Crippen LogP contribution is 2.18. The minimum absolute atomic E-state index is 1.01. The van der Waals surface area contributed by atoms with Gasteiger partial charge in [-0.2, -0.15) is 0 Å². The van der Waals surface area contributed by atoms with E-state index in [2.05, 4.69) is 23.1 Å². The Labute approximate surface area is 79.7 Å². The highest BCUT2D eigenvalue weighted by atomic mass is 14.8. The van der Waals surface area contributed by atoms with Crippen LogP contribution in [0.3, 0.4) is 0 Å². The number of nitrogens with one attached hydrogen (secondary N) is 1. The molecule has 1 N–H and O–H groups in total. The lowest BCUT2D eigenvalue weighted by atomic mass is 10.1. The van der Waals surface area contributed by atoms with Crippen LogP contribution in [-0.4, -0.2) is 20.3 Å². The molecule has 70 valence electrons. The van der Waals surface area contributed by atoms with E-state index in [1.165, 1.54) is 5.56 Å². The van der Waals surface area contributed by atoms with Crippen LogP contribution in [0, 0.1) is 0 Å². The first-order valence-electron chi connectivity index (χ1n) is 4.57. The van der Waals surface area contributed by atoms with Crippen molar-refractivity contribution in [3.8, 4) is 0 Å². The molecule has 1 aromatic rings. The maximum absolute atomic E-state index is 3.98. The molecule has 2 nitrogen and oxygen atoms in total. The van der Waals surface area contributed by atoms with E-state index in [1.54, 1.807) is 0 Å². The van der Waals surface area contributed by atoms with Gasteiger partial charge in [-0.3, -0.25) is 4.99 Å². The molecule has 0 amide bonds. The Balaban J connectivity index is 2.59. The third kappa shape index (κ3) is 2.99. The third-order valence-corrected chi connectivity index (χ3v) is 2.03. The van der Waals surface area contributed by atoms with Gasteiger partial charge in [-0.25, -0.2) is 0 Å². The summed E-state index contributed by atoms with van der Waals surface area (Å²) in [5, 5.41) is 3.13. The van der Waals surface area contributed by atoms with Crippen molar-refractivity contribution < 1.29 is 0 Å². The molecule has 0 spiro atoms. The van der Waals surface area contributed by atoms with Gasteiger partial charge in [-0.15, -0.1) is 0 Å². The summed E-state index contributed by atoms with van der Waals surface area (Å²) in [6, 6.07) is 8.15. The number of aryl methyl sites for hydroxylation is 1. The summed E-state index contributed by atoms with van der Waals surface area (Å²) in [5.74, 6) is 0. The number of hydrogen-bond acceptors (Lipinski definition) is 2. The summed E-state index contributed by atoms with van der Waals surface area (Å²) < 4.78 is 0. The monoisotopic (exact) mass is 176 g/mol. The molecule has 0 aromatic heterocycles. The second-order valence-electron chi connectivity index (χ2n) is 2.99. The zero-order valence-corrected chi connectivity index (χ0v) is 8.09. The van der Waals surface area contributed by atoms with E-state index < -0.39 is 0 Å². The molecule has 0 unspecified atom stereocenters. The molecule has 1 rings (SSSR count). The van der Waals surface area contributed by atoms with E-state index in [0.29, 0.717) is 0 Å². The van der Waals surface area contributed by atoms with Crippen LogP contribution in [0.1, 0.15) is 12.0 Å². The fraction of sp³-hybridized carbons (Fsp3) is 0.364. The van der Waals surface area contributed by atoms with Crippen molar-refractivity contribution in [3.05, 3.63) is 29.8 Å². The number of benzene rings is 1. The Hall–Kier alpha value is -1.15. The van der Waals surface area contributed by atoms with Gasteiger partial charge >= 0.3 is 0 Å². The summed E-state index contributed by atoms with van der Waals surface area (Å²) in [5.41, 5.74) is 2.30. The quantitative estimate of drug-likeness (QED) is 0.539. The van der Waals surface area contributed by atoms with E-state index in [-0.39, 0.29) is 0 Å². The van der Waals surface area contributed by atoms with Gasteiger partial charge in [0.05, 0.1) is 5.69 Å². The first-order chi connectivity index (χ1) is 6.38. The van der Waals surface area contributed by atoms with Crippen LogP contribution in [0.4, 0.5) is 5.69 Å². The standard InChI is InChI=1S/C11H16N2/c1-12-9-5-7-10-6-3-4-8-11(10)13-2/h3-4,6,8,12H,2,5,7,9H2,1H3. The van der Waals surface area contributed by atoms with Crippen molar-refractivity contribution in [2.24, 2.45) is 4.99 Å². The zero-order chi connectivity index (χ0) is 9.52. The second-order valence-corrected chi connectivity index (χ2v) is 2.99. The average molecular weight is 176 g/mol. The van der Waals surface area contributed by atoms with Crippen LogP contribution in [-0.2, 0) is 6.42 Å². The molecule has 0 bridgehead atoms. The molecule has 0 aliphatic carbocycles. The second kappa shape index (κ2) is 5.49. The van der Waals surface area contributed by atoms with Crippen molar-refractivity contribution in [1.29, 1.82) is 0 Å². The van der Waals surface area contributed by atoms with E-state index in [0.717, 1.165) is 25.1 Å². The van der Waals surface area contributed by atoms with Crippen LogP contribution in [0.15, 0.2) is 29.3 Å². The Morgan fingerprint density at radius 2 is 2.15 bits per heavy atom. The molecule has 0 fully saturated rings. The molecule has 0 radical (unpaired) electrons. The fourth-order valence-electron chi connectivity index (χ4n) is 1.33. The highest BCUT2D eigenvalue weighted by molar-refractivity contribution is 5.51. The number of para-hydroxylation sites is 1. The maximum Gasteiger partial charge on any atom is 0.0654 e. The van der Waals surface area contributed by atoms with E-state index in [4.69, 9.17) is 0 Å². The van der Waals surface area contributed by atoms with Crippen LogP contribution in [0.5, 0.6) is 0 Å². The van der Waals surface area contributed by atoms with Gasteiger partial charge in [-0.05, 0) is 44.8 Å². The lowest BCUT2D eigenvalue weighted by molar-refractivity contribution is 0.725. The highest BCUT2D eigenvalue weighted by Gasteiger charge is 1.97. The smallest absolute Gasteiger partial charge is 0.0654 e. The Morgan fingerprint density at radius 3 is 2.85 bits per heavy atom. The Kier molecular flexibility index (Phi) is 4.19. The maximum atomic E-state index is 3.98. The number of rotatable bonds is 5. The first-order valence-corrected chi connectivity index (χ1v) is 4.57. The lowest BCUT2D eigenvalue weighted by Crippen LogP contribution is -2.08. The average Bonchev–Trinajstić information content (AvgIpc) is 2.19. The topological polar surface area (TPSA) is 24.4 Å². The van der Waals surface area contributed by atoms with Gasteiger partial charge in [0.15, 0.2) is 0 Å². The summed E-state index contributed by atoms with van der Waals surface area (Å²) in [6.45, 7) is 4.60. The predicted octanol–water partition coefficient (Wildman–Crippen LogP) is 2.17. The number of hydrogen-bond donors (Lipinski definition) is 1. The molecular formula is C11H16N2. The molecule has 0 aliphatic heterocycles. The van der Waals surface area contributed by atoms with Gasteiger partial charge in [0, 0.05) is 0 Å². The summed E-state index contributed by atoms with van der Waals surface area (Å²) in [6.07, 6.45) is 2.21. The third-order valence-electron chi connectivity index (χ3n) is 2.03. The molecule has 0 aliphatic rings. The van der Waals surface area contributed by atoms with Crippen molar-refractivity contribution in [2.75, 3.05) is 13.6 Å². The van der Waals surface area contributed by atoms with Crippen LogP contribution < -0.4 is 5.32 Å². The Morgan fingerprint density at radius 1 is 1.38 bits per heavy atom. The molecule has 1 aromatic carbocycles. The van der Waals surface area contributed by atoms with Crippen LogP contribution in [0.25, 0.3) is 0 Å². The van der Waals surface area contributed by atoms with Crippen molar-refractivity contribution in [1.82, 2.24) is 5.32 Å². The van der Waals surface area contributed by atoms with Gasteiger partial charge in [-0.1, -0.05) is 18.2 Å². The number of aliphatic imine (C=N–C) groups is 1. The van der Waals surface area contributed by atoms with E-state index >= 15 is 0 Å². The van der Waals surface area contributed by atoms with Crippen molar-refractivity contribution in [3.63, 3.8) is 0 Å². The van der Waals surface area contributed by atoms with Gasteiger partial charge < -0.3 is 5.32 Å². The first kappa shape index (κ1) is 9.93. The summed E-state index contributed by atoms with van der Waals surface area (Å²) >= 11 is 0. The summed E-state index contributed by atoms with van der Waals surface area (Å²) in [4.78, 5) is 3.98. The molecule has 13 heavy (non-hydrogen) atoms. The van der Waals surface area contributed by atoms with Gasteiger partial charge in [0.2, 0.25) is 0 Å². The SMILES string of the molecule is C=Nc1ccccc1CCCNC. The molecule has 0 saturated heterocycles. The lowest BCUT2D eigenvalue weighted by Gasteiger charge is -2.04. The van der Waals surface area contributed by atoms with Gasteiger partial charge in [0.1, 0.15) is 0 Å². The Bertz CT molecular complexity index is 269. The fourth-order valence-corrected chi connectivity index (χ4v) is 1.33. The largest absolute Gasteiger partial charge is 0.320 e. The number of nitrogens with zero attached hydrogens (tertiary/aromatic N) is 1. The molecular weight excluding hydrogens is 160 g/mol. The normalized spacial score (nSPS) is 9.92. The van der Waals surface area contributed by atoms with Crippen molar-refractivity contribution >= 4 is 12.4 Å². The molecule has 0 atom stereocenters. The van der Waals surface area contributed by atoms with Gasteiger partial charge in [0.25, 0.3) is 0 Å².